The van der Waals surface area contributed by atoms with Crippen LogP contribution in [0.2, 0.25) is 0 Å². The second-order valence-corrected chi connectivity index (χ2v) is 7.89. The van der Waals surface area contributed by atoms with Gasteiger partial charge in [-0.15, -0.1) is 0 Å². The molecule has 0 bridgehead atoms. The molecule has 1 aromatic heterocycles. The monoisotopic (exact) mass is 421 g/mol. The second-order valence-electron chi connectivity index (χ2n) is 7.89. The van der Waals surface area contributed by atoms with Gasteiger partial charge >= 0.3 is 6.18 Å². The molecule has 3 rings (SSSR count). The SMILES string of the molecule is Cc1nn(C)c(C)c1CCC(=O)N1CCC[C@H](C(=O)c2cccc(C(F)(F)F)c2)C1. The number of piperidine rings is 1. The second kappa shape index (κ2) is 8.62. The molecule has 0 aliphatic carbocycles. The van der Waals surface area contributed by atoms with Crippen molar-refractivity contribution >= 4 is 11.7 Å². The number of hydrogen-bond acceptors (Lipinski definition) is 3. The van der Waals surface area contributed by atoms with Crippen molar-refractivity contribution in [3.05, 3.63) is 52.3 Å². The number of amides is 1. The Kier molecular flexibility index (Phi) is 6.33. The highest BCUT2D eigenvalue weighted by Gasteiger charge is 2.33. The highest BCUT2D eigenvalue weighted by molar-refractivity contribution is 5.98. The van der Waals surface area contributed by atoms with Crippen LogP contribution >= 0.6 is 0 Å². The Morgan fingerprint density at radius 2 is 1.97 bits per heavy atom. The summed E-state index contributed by atoms with van der Waals surface area (Å²) in [6.07, 6.45) is -2.37. The number of alkyl halides is 3. The van der Waals surface area contributed by atoms with Gasteiger partial charge in [-0.25, -0.2) is 0 Å². The van der Waals surface area contributed by atoms with Crippen LogP contribution in [0.1, 0.15) is 52.1 Å². The lowest BCUT2D eigenvalue weighted by Crippen LogP contribution is -2.42. The molecule has 2 aromatic rings. The molecule has 162 valence electrons. The quantitative estimate of drug-likeness (QED) is 0.683. The smallest absolute Gasteiger partial charge is 0.342 e. The van der Waals surface area contributed by atoms with E-state index in [1.54, 1.807) is 9.58 Å². The van der Waals surface area contributed by atoms with Crippen LogP contribution < -0.4 is 0 Å². The molecule has 0 N–H and O–H groups in total. The van der Waals surface area contributed by atoms with E-state index in [9.17, 15) is 22.8 Å². The van der Waals surface area contributed by atoms with Crippen LogP contribution in [-0.4, -0.2) is 39.5 Å². The minimum Gasteiger partial charge on any atom is -0.342 e. The molecule has 0 spiro atoms. The van der Waals surface area contributed by atoms with Crippen LogP contribution in [0.5, 0.6) is 0 Å². The number of carbonyl (C=O) groups excluding carboxylic acids is 2. The molecule has 2 heterocycles. The van der Waals surface area contributed by atoms with Gasteiger partial charge in [-0.1, -0.05) is 12.1 Å². The molecule has 5 nitrogen and oxygen atoms in total. The Morgan fingerprint density at radius 1 is 1.23 bits per heavy atom. The molecule has 0 radical (unpaired) electrons. The maximum Gasteiger partial charge on any atom is 0.416 e. The van der Waals surface area contributed by atoms with Crippen molar-refractivity contribution in [2.24, 2.45) is 13.0 Å². The van der Waals surface area contributed by atoms with Crippen LogP contribution in [-0.2, 0) is 24.4 Å². The van der Waals surface area contributed by atoms with Crippen LogP contribution in [0.4, 0.5) is 13.2 Å². The van der Waals surface area contributed by atoms with E-state index in [0.717, 1.165) is 29.1 Å². The van der Waals surface area contributed by atoms with Gasteiger partial charge in [0, 0.05) is 43.7 Å². The maximum absolute atomic E-state index is 13.0. The third-order valence-corrected chi connectivity index (χ3v) is 5.87. The fourth-order valence-electron chi connectivity index (χ4n) is 4.07. The van der Waals surface area contributed by atoms with Gasteiger partial charge in [0.05, 0.1) is 11.3 Å². The first-order valence-electron chi connectivity index (χ1n) is 10.1. The predicted octanol–water partition coefficient (Wildman–Crippen LogP) is 4.11. The Bertz CT molecular complexity index is 950. The van der Waals surface area contributed by atoms with Gasteiger partial charge in [0.15, 0.2) is 5.78 Å². The lowest BCUT2D eigenvalue weighted by Gasteiger charge is -2.32. The zero-order chi connectivity index (χ0) is 22.1. The van der Waals surface area contributed by atoms with E-state index < -0.39 is 17.7 Å². The standard InChI is InChI=1S/C22H26F3N3O2/c1-14-19(15(2)27(3)26-14)9-10-20(29)28-11-5-7-17(13-28)21(30)16-6-4-8-18(12-16)22(23,24)25/h4,6,8,12,17H,5,7,9-11,13H2,1-3H3/t17-/m0/s1. The molecule has 1 aliphatic rings. The van der Waals surface area contributed by atoms with E-state index in [4.69, 9.17) is 0 Å². The molecule has 1 atom stereocenters. The lowest BCUT2D eigenvalue weighted by molar-refractivity contribution is -0.137. The predicted molar refractivity (Wildman–Crippen MR) is 106 cm³/mol. The summed E-state index contributed by atoms with van der Waals surface area (Å²) in [5.74, 6) is -0.857. The third kappa shape index (κ3) is 4.74. The van der Waals surface area contributed by atoms with E-state index in [2.05, 4.69) is 5.10 Å². The highest BCUT2D eigenvalue weighted by atomic mass is 19.4. The molecule has 8 heteroatoms. The largest absolute Gasteiger partial charge is 0.416 e. The lowest BCUT2D eigenvalue weighted by atomic mass is 9.89. The van der Waals surface area contributed by atoms with Gasteiger partial charge in [-0.05, 0) is 50.8 Å². The normalized spacial score (nSPS) is 17.3. The van der Waals surface area contributed by atoms with Crippen LogP contribution in [0.25, 0.3) is 0 Å². The van der Waals surface area contributed by atoms with Crippen molar-refractivity contribution in [3.8, 4) is 0 Å². The summed E-state index contributed by atoms with van der Waals surface area (Å²) in [7, 11) is 1.86. The van der Waals surface area contributed by atoms with E-state index in [-0.39, 0.29) is 23.8 Å². The number of aromatic nitrogens is 2. The topological polar surface area (TPSA) is 55.2 Å². The summed E-state index contributed by atoms with van der Waals surface area (Å²) in [6, 6.07) is 4.51. The molecular formula is C22H26F3N3O2. The first-order chi connectivity index (χ1) is 14.1. The van der Waals surface area contributed by atoms with Crippen molar-refractivity contribution in [1.29, 1.82) is 0 Å². The molecular weight excluding hydrogens is 395 g/mol. The molecule has 0 saturated carbocycles. The number of carbonyl (C=O) groups is 2. The van der Waals surface area contributed by atoms with Crippen LogP contribution in [0.15, 0.2) is 24.3 Å². The van der Waals surface area contributed by atoms with Crippen molar-refractivity contribution < 1.29 is 22.8 Å². The zero-order valence-electron chi connectivity index (χ0n) is 17.4. The summed E-state index contributed by atoms with van der Waals surface area (Å²) >= 11 is 0. The number of likely N-dealkylation sites (tertiary alicyclic amines) is 1. The molecule has 0 unspecified atom stereocenters. The summed E-state index contributed by atoms with van der Waals surface area (Å²) in [5.41, 5.74) is 2.19. The Morgan fingerprint density at radius 3 is 2.60 bits per heavy atom. The fraction of sp³-hybridized carbons (Fsp3) is 0.500. The van der Waals surface area contributed by atoms with Gasteiger partial charge in [0.1, 0.15) is 0 Å². The average Bonchev–Trinajstić information content (AvgIpc) is 2.96. The molecule has 1 aliphatic heterocycles. The van der Waals surface area contributed by atoms with Gasteiger partial charge in [0.25, 0.3) is 0 Å². The van der Waals surface area contributed by atoms with Gasteiger partial charge < -0.3 is 4.90 Å². The molecule has 30 heavy (non-hydrogen) atoms. The number of Topliss-reactive ketones (excluding diaryl/α,β-unsaturated/α-hetero) is 1. The van der Waals surface area contributed by atoms with E-state index in [1.807, 2.05) is 20.9 Å². The Labute approximate surface area is 173 Å². The van der Waals surface area contributed by atoms with E-state index in [1.165, 1.54) is 12.1 Å². The summed E-state index contributed by atoms with van der Waals surface area (Å²) in [4.78, 5) is 27.2. The summed E-state index contributed by atoms with van der Waals surface area (Å²) in [6.45, 7) is 4.69. The number of halogens is 3. The van der Waals surface area contributed by atoms with Crippen LogP contribution in [0.3, 0.4) is 0 Å². The Balaban J connectivity index is 1.65. The van der Waals surface area contributed by atoms with Crippen molar-refractivity contribution in [2.75, 3.05) is 13.1 Å². The number of aryl methyl sites for hydroxylation is 2. The molecule has 1 aromatic carbocycles. The van der Waals surface area contributed by atoms with Crippen molar-refractivity contribution in [3.63, 3.8) is 0 Å². The fourth-order valence-corrected chi connectivity index (χ4v) is 4.07. The highest BCUT2D eigenvalue weighted by Crippen LogP contribution is 2.31. The number of hydrogen-bond donors (Lipinski definition) is 0. The third-order valence-electron chi connectivity index (χ3n) is 5.87. The minimum absolute atomic E-state index is 0.0424. The Hall–Kier alpha value is -2.64. The van der Waals surface area contributed by atoms with Crippen LogP contribution in [0, 0.1) is 19.8 Å². The summed E-state index contributed by atoms with van der Waals surface area (Å²) in [5, 5.41) is 4.36. The first kappa shape index (κ1) is 22.1. The van der Waals surface area contributed by atoms with E-state index >= 15 is 0 Å². The molecule has 1 saturated heterocycles. The average molecular weight is 421 g/mol. The van der Waals surface area contributed by atoms with Gasteiger partial charge in [-0.3, -0.25) is 14.3 Å². The number of nitrogens with zero attached hydrogens (tertiary/aromatic N) is 3. The summed E-state index contributed by atoms with van der Waals surface area (Å²) < 4.78 is 40.7. The zero-order valence-corrected chi connectivity index (χ0v) is 17.4. The van der Waals surface area contributed by atoms with Crippen molar-refractivity contribution in [2.45, 2.75) is 45.7 Å². The number of ketones is 1. The van der Waals surface area contributed by atoms with Gasteiger partial charge in [-0.2, -0.15) is 18.3 Å². The van der Waals surface area contributed by atoms with E-state index in [0.29, 0.717) is 32.2 Å². The molecule has 1 amide bonds. The number of rotatable bonds is 5. The van der Waals surface area contributed by atoms with Crippen molar-refractivity contribution in [1.82, 2.24) is 14.7 Å². The molecule has 1 fully saturated rings. The minimum atomic E-state index is -4.49. The first-order valence-corrected chi connectivity index (χ1v) is 10.1. The van der Waals surface area contributed by atoms with Gasteiger partial charge in [0.2, 0.25) is 5.91 Å². The maximum atomic E-state index is 13.0. The number of benzene rings is 1.